The number of amides is 1. The van der Waals surface area contributed by atoms with Crippen molar-refractivity contribution in [3.63, 3.8) is 0 Å². The molecule has 0 saturated heterocycles. The van der Waals surface area contributed by atoms with Crippen LogP contribution in [0.4, 0.5) is 11.5 Å². The van der Waals surface area contributed by atoms with Gasteiger partial charge in [0.05, 0.1) is 11.3 Å². The van der Waals surface area contributed by atoms with Gasteiger partial charge in [-0.05, 0) is 32.9 Å². The minimum absolute atomic E-state index is 0.257. The molecule has 0 atom stereocenters. The van der Waals surface area contributed by atoms with E-state index in [0.29, 0.717) is 22.8 Å². The summed E-state index contributed by atoms with van der Waals surface area (Å²) in [5, 5.41) is 2.69. The largest absolute Gasteiger partial charge is 0.466 e. The molecule has 0 fully saturated rings. The molecule has 3 N–H and O–H groups in total. The second-order valence-corrected chi connectivity index (χ2v) is 4.11. The molecule has 0 radical (unpaired) electrons. The Balaban J connectivity index is 2.31. The lowest BCUT2D eigenvalue weighted by atomic mass is 10.1. The molecule has 2 aromatic rings. The van der Waals surface area contributed by atoms with Gasteiger partial charge in [-0.25, -0.2) is 4.98 Å². The first-order chi connectivity index (χ1) is 8.50. The molecule has 0 aliphatic carbocycles. The highest BCUT2D eigenvalue weighted by atomic mass is 16.3. The Morgan fingerprint density at radius 2 is 2.06 bits per heavy atom. The van der Waals surface area contributed by atoms with Gasteiger partial charge in [0.25, 0.3) is 5.91 Å². The summed E-state index contributed by atoms with van der Waals surface area (Å²) in [5.74, 6) is 1.44. The van der Waals surface area contributed by atoms with Crippen LogP contribution in [0.3, 0.4) is 0 Å². The number of nitrogen functional groups attached to an aromatic ring is 1. The number of pyridine rings is 1. The van der Waals surface area contributed by atoms with E-state index in [0.717, 1.165) is 11.3 Å². The van der Waals surface area contributed by atoms with Gasteiger partial charge in [0.2, 0.25) is 0 Å². The van der Waals surface area contributed by atoms with Crippen molar-refractivity contribution in [2.45, 2.75) is 20.8 Å². The number of nitrogens with zero attached hydrogens (tertiary/aromatic N) is 1. The van der Waals surface area contributed by atoms with Gasteiger partial charge in [0.1, 0.15) is 11.5 Å². The fraction of sp³-hybridized carbons (Fsp3) is 0.231. The summed E-state index contributed by atoms with van der Waals surface area (Å²) in [7, 11) is 0. The first-order valence-corrected chi connectivity index (χ1v) is 5.59. The van der Waals surface area contributed by atoms with Crippen LogP contribution in [0.1, 0.15) is 27.4 Å². The Bertz CT molecular complexity index is 602. The number of hydrogen-bond donors (Lipinski definition) is 2. The number of nitrogens with two attached hydrogens (primary N) is 1. The molecule has 5 nitrogen and oxygen atoms in total. The molecule has 1 amide bonds. The molecule has 18 heavy (non-hydrogen) atoms. The first-order valence-electron chi connectivity index (χ1n) is 5.59. The van der Waals surface area contributed by atoms with Crippen molar-refractivity contribution < 1.29 is 9.21 Å². The van der Waals surface area contributed by atoms with E-state index in [9.17, 15) is 4.79 Å². The zero-order valence-electron chi connectivity index (χ0n) is 10.6. The third-order valence-electron chi connectivity index (χ3n) is 2.86. The molecule has 2 aromatic heterocycles. The van der Waals surface area contributed by atoms with Crippen LogP contribution in [-0.4, -0.2) is 10.9 Å². The lowest BCUT2D eigenvalue weighted by Gasteiger charge is -2.06. The normalized spacial score (nSPS) is 10.4. The second kappa shape index (κ2) is 4.52. The predicted octanol–water partition coefficient (Wildman–Crippen LogP) is 2.43. The summed E-state index contributed by atoms with van der Waals surface area (Å²) in [4.78, 5) is 16.2. The highest BCUT2D eigenvalue weighted by Gasteiger charge is 2.19. The molecule has 0 aliphatic heterocycles. The maximum Gasteiger partial charge on any atom is 0.260 e. The number of carbonyl (C=O) groups is 1. The average Bonchev–Trinajstić information content (AvgIpc) is 2.56. The topological polar surface area (TPSA) is 81.2 Å². The Morgan fingerprint density at radius 3 is 2.61 bits per heavy atom. The first kappa shape index (κ1) is 12.2. The van der Waals surface area contributed by atoms with Gasteiger partial charge < -0.3 is 15.5 Å². The van der Waals surface area contributed by atoms with Crippen molar-refractivity contribution in [2.24, 2.45) is 0 Å². The quantitative estimate of drug-likeness (QED) is 0.851. The number of carbonyl (C=O) groups excluding carboxylic acids is 1. The van der Waals surface area contributed by atoms with Gasteiger partial charge in [-0.1, -0.05) is 0 Å². The van der Waals surface area contributed by atoms with Gasteiger partial charge in [0.15, 0.2) is 5.82 Å². The maximum absolute atomic E-state index is 12.2. The fourth-order valence-corrected chi connectivity index (χ4v) is 1.82. The van der Waals surface area contributed by atoms with Crippen molar-refractivity contribution in [1.82, 2.24) is 4.98 Å². The molecule has 0 unspecified atom stereocenters. The lowest BCUT2D eigenvalue weighted by Crippen LogP contribution is -2.15. The summed E-state index contributed by atoms with van der Waals surface area (Å²) in [6.45, 7) is 5.44. The zero-order chi connectivity index (χ0) is 13.3. The molecule has 0 spiro atoms. The second-order valence-electron chi connectivity index (χ2n) is 4.11. The van der Waals surface area contributed by atoms with Gasteiger partial charge >= 0.3 is 0 Å². The summed E-state index contributed by atoms with van der Waals surface area (Å²) >= 11 is 0. The predicted molar refractivity (Wildman–Crippen MR) is 69.5 cm³/mol. The Hall–Kier alpha value is -2.30. The van der Waals surface area contributed by atoms with Gasteiger partial charge in [-0.15, -0.1) is 0 Å². The molecule has 2 heterocycles. The molecular formula is C13H15N3O2. The van der Waals surface area contributed by atoms with E-state index in [1.54, 1.807) is 25.3 Å². The number of furan rings is 1. The van der Waals surface area contributed by atoms with Crippen LogP contribution in [0.2, 0.25) is 0 Å². The number of nitrogens with one attached hydrogen (secondary N) is 1. The van der Waals surface area contributed by atoms with Crippen molar-refractivity contribution >= 4 is 17.4 Å². The smallest absolute Gasteiger partial charge is 0.260 e. The number of aryl methyl sites for hydroxylation is 2. The number of anilines is 2. The maximum atomic E-state index is 12.2. The van der Waals surface area contributed by atoms with Crippen LogP contribution < -0.4 is 11.1 Å². The SMILES string of the molecule is Cc1oc(C)c(C(=O)Nc2ncccc2N)c1C. The molecule has 2 rings (SSSR count). The van der Waals surface area contributed by atoms with E-state index in [-0.39, 0.29) is 5.91 Å². The van der Waals surface area contributed by atoms with Gasteiger partial charge in [0, 0.05) is 11.8 Å². The fourth-order valence-electron chi connectivity index (χ4n) is 1.82. The Kier molecular flexibility index (Phi) is 3.06. The number of rotatable bonds is 2. The van der Waals surface area contributed by atoms with Gasteiger partial charge in [-0.3, -0.25) is 4.79 Å². The number of hydrogen-bond acceptors (Lipinski definition) is 4. The van der Waals surface area contributed by atoms with Gasteiger partial charge in [-0.2, -0.15) is 0 Å². The molecule has 0 saturated carbocycles. The van der Waals surface area contributed by atoms with E-state index in [4.69, 9.17) is 10.2 Å². The Labute approximate surface area is 105 Å². The molecule has 0 aromatic carbocycles. The third-order valence-corrected chi connectivity index (χ3v) is 2.86. The molecule has 94 valence electrons. The van der Waals surface area contributed by atoms with Crippen molar-refractivity contribution in [3.8, 4) is 0 Å². The molecule has 0 bridgehead atoms. The van der Waals surface area contributed by atoms with E-state index >= 15 is 0 Å². The van der Waals surface area contributed by atoms with Crippen LogP contribution in [0.15, 0.2) is 22.7 Å². The van der Waals surface area contributed by atoms with E-state index in [1.807, 2.05) is 13.8 Å². The minimum Gasteiger partial charge on any atom is -0.466 e. The standard InChI is InChI=1S/C13H15N3O2/c1-7-8(2)18-9(3)11(7)13(17)16-12-10(14)5-4-6-15-12/h4-6H,14H2,1-3H3,(H,15,16,17). The monoisotopic (exact) mass is 245 g/mol. The van der Waals surface area contributed by atoms with E-state index < -0.39 is 0 Å². The van der Waals surface area contributed by atoms with E-state index in [2.05, 4.69) is 10.3 Å². The third kappa shape index (κ3) is 2.07. The van der Waals surface area contributed by atoms with Crippen LogP contribution in [0, 0.1) is 20.8 Å². The zero-order valence-corrected chi connectivity index (χ0v) is 10.6. The highest BCUT2D eigenvalue weighted by Crippen LogP contribution is 2.22. The van der Waals surface area contributed by atoms with E-state index in [1.165, 1.54) is 0 Å². The summed E-state index contributed by atoms with van der Waals surface area (Å²) in [5.41, 5.74) is 7.53. The minimum atomic E-state index is -0.257. The average molecular weight is 245 g/mol. The van der Waals surface area contributed by atoms with Crippen LogP contribution in [0.25, 0.3) is 0 Å². The summed E-state index contributed by atoms with van der Waals surface area (Å²) in [6, 6.07) is 3.40. The van der Waals surface area contributed by atoms with Crippen molar-refractivity contribution in [1.29, 1.82) is 0 Å². The van der Waals surface area contributed by atoms with Crippen molar-refractivity contribution in [3.05, 3.63) is 41.0 Å². The van der Waals surface area contributed by atoms with Crippen LogP contribution >= 0.6 is 0 Å². The highest BCUT2D eigenvalue weighted by molar-refractivity contribution is 6.06. The summed E-state index contributed by atoms with van der Waals surface area (Å²) < 4.78 is 5.42. The number of aromatic nitrogens is 1. The van der Waals surface area contributed by atoms with Crippen LogP contribution in [-0.2, 0) is 0 Å². The van der Waals surface area contributed by atoms with Crippen LogP contribution in [0.5, 0.6) is 0 Å². The Morgan fingerprint density at radius 1 is 1.33 bits per heavy atom. The summed E-state index contributed by atoms with van der Waals surface area (Å²) in [6.07, 6.45) is 1.58. The molecule has 5 heteroatoms. The van der Waals surface area contributed by atoms with Crippen molar-refractivity contribution in [2.75, 3.05) is 11.1 Å². The molecular weight excluding hydrogens is 230 g/mol. The lowest BCUT2D eigenvalue weighted by molar-refractivity contribution is 0.102. The molecule has 0 aliphatic rings.